The maximum atomic E-state index is 8.97. The Bertz CT molecular complexity index is 447. The number of hydrogen-bond donors (Lipinski definition) is 1. The average Bonchev–Trinajstić information content (AvgIpc) is 2.47. The van der Waals surface area contributed by atoms with Crippen LogP contribution in [0.2, 0.25) is 5.02 Å². The first-order valence-electron chi connectivity index (χ1n) is 4.00. The van der Waals surface area contributed by atoms with Crippen molar-refractivity contribution < 1.29 is 5.11 Å². The van der Waals surface area contributed by atoms with Crippen LogP contribution < -0.4 is 0 Å². The van der Waals surface area contributed by atoms with E-state index in [9.17, 15) is 0 Å². The normalized spacial score (nSPS) is 11.0. The summed E-state index contributed by atoms with van der Waals surface area (Å²) in [6.45, 7) is 2.11. The number of rotatable bonds is 1. The molecular weight excluding hydrogens is 204 g/mol. The number of hydrogen-bond acceptors (Lipinski definition) is 2. The Labute approximate surface area is 85.6 Å². The molecule has 1 nitrogen and oxygen atoms in total. The molecule has 1 N–H and O–H groups in total. The molecule has 0 bridgehead atoms. The molecule has 0 saturated carbocycles. The summed E-state index contributed by atoms with van der Waals surface area (Å²) in [4.78, 5) is 0.961. The first-order chi connectivity index (χ1) is 6.20. The zero-order valence-corrected chi connectivity index (χ0v) is 8.75. The molecule has 0 radical (unpaired) electrons. The maximum Gasteiger partial charge on any atom is 0.0774 e. The van der Waals surface area contributed by atoms with Crippen molar-refractivity contribution in [2.75, 3.05) is 0 Å². The van der Waals surface area contributed by atoms with E-state index in [4.69, 9.17) is 16.7 Å². The number of fused-ring (bicyclic) bond motifs is 1. The Morgan fingerprint density at radius 2 is 2.15 bits per heavy atom. The highest BCUT2D eigenvalue weighted by Crippen LogP contribution is 2.32. The van der Waals surface area contributed by atoms with Crippen molar-refractivity contribution in [1.29, 1.82) is 0 Å². The van der Waals surface area contributed by atoms with E-state index in [0.29, 0.717) is 0 Å². The van der Waals surface area contributed by atoms with Gasteiger partial charge in [0.2, 0.25) is 0 Å². The number of aryl methyl sites for hydroxylation is 1. The van der Waals surface area contributed by atoms with E-state index in [-0.39, 0.29) is 6.61 Å². The number of halogens is 1. The Hall–Kier alpha value is -0.570. The van der Waals surface area contributed by atoms with Gasteiger partial charge in [-0.3, -0.25) is 0 Å². The van der Waals surface area contributed by atoms with E-state index < -0.39 is 0 Å². The third-order valence-corrected chi connectivity index (χ3v) is 3.50. The van der Waals surface area contributed by atoms with E-state index in [0.717, 1.165) is 25.5 Å². The second kappa shape index (κ2) is 3.29. The number of aliphatic hydroxyl groups is 1. The van der Waals surface area contributed by atoms with Crippen molar-refractivity contribution in [3.05, 3.63) is 33.7 Å². The van der Waals surface area contributed by atoms with Crippen LogP contribution in [-0.4, -0.2) is 5.11 Å². The molecule has 0 saturated heterocycles. The van der Waals surface area contributed by atoms with Gasteiger partial charge in [0.25, 0.3) is 0 Å². The molecule has 13 heavy (non-hydrogen) atoms. The Morgan fingerprint density at radius 1 is 1.38 bits per heavy atom. The van der Waals surface area contributed by atoms with E-state index in [1.807, 2.05) is 19.1 Å². The van der Waals surface area contributed by atoms with Crippen LogP contribution in [0.4, 0.5) is 0 Å². The first kappa shape index (κ1) is 9.00. The van der Waals surface area contributed by atoms with Gasteiger partial charge in [0.15, 0.2) is 0 Å². The van der Waals surface area contributed by atoms with Gasteiger partial charge < -0.3 is 5.11 Å². The summed E-state index contributed by atoms with van der Waals surface area (Å²) in [5, 5.41) is 10.9. The summed E-state index contributed by atoms with van der Waals surface area (Å²) in [6, 6.07) is 6.01. The molecule has 1 heterocycles. The molecule has 1 aromatic carbocycles. The molecule has 0 aliphatic rings. The van der Waals surface area contributed by atoms with Crippen molar-refractivity contribution in [3.8, 4) is 0 Å². The molecule has 0 unspecified atom stereocenters. The van der Waals surface area contributed by atoms with E-state index in [2.05, 4.69) is 6.07 Å². The quantitative estimate of drug-likeness (QED) is 0.769. The number of thiophene rings is 1. The summed E-state index contributed by atoms with van der Waals surface area (Å²) in [5.74, 6) is 0. The van der Waals surface area contributed by atoms with Crippen molar-refractivity contribution >= 4 is 33.0 Å². The molecule has 2 rings (SSSR count). The molecule has 68 valence electrons. The second-order valence-electron chi connectivity index (χ2n) is 3.04. The minimum Gasteiger partial charge on any atom is -0.391 e. The van der Waals surface area contributed by atoms with Crippen molar-refractivity contribution in [1.82, 2.24) is 0 Å². The number of aliphatic hydroxyl groups excluding tert-OH is 1. The topological polar surface area (TPSA) is 20.2 Å². The van der Waals surface area contributed by atoms with Crippen molar-refractivity contribution in [2.24, 2.45) is 0 Å². The smallest absolute Gasteiger partial charge is 0.0774 e. The second-order valence-corrected chi connectivity index (χ2v) is 4.58. The SMILES string of the molecule is Cc1cc(Cl)c2sc(CO)cc2c1. The molecule has 0 fully saturated rings. The Balaban J connectivity index is 2.75. The summed E-state index contributed by atoms with van der Waals surface area (Å²) in [6.07, 6.45) is 0. The zero-order chi connectivity index (χ0) is 9.42. The highest BCUT2D eigenvalue weighted by Gasteiger charge is 2.05. The van der Waals surface area contributed by atoms with Crippen LogP contribution in [-0.2, 0) is 6.61 Å². The fourth-order valence-electron chi connectivity index (χ4n) is 1.38. The molecule has 2 aromatic rings. The summed E-state index contributed by atoms with van der Waals surface area (Å²) < 4.78 is 1.07. The van der Waals surface area contributed by atoms with Crippen LogP contribution in [0.25, 0.3) is 10.1 Å². The van der Waals surface area contributed by atoms with Gasteiger partial charge in [-0.05, 0) is 30.0 Å². The van der Waals surface area contributed by atoms with E-state index in [1.54, 1.807) is 11.3 Å². The average molecular weight is 213 g/mol. The van der Waals surface area contributed by atoms with Crippen molar-refractivity contribution in [3.63, 3.8) is 0 Å². The summed E-state index contributed by atoms with van der Waals surface area (Å²) >= 11 is 7.61. The van der Waals surface area contributed by atoms with Gasteiger partial charge in [-0.1, -0.05) is 17.7 Å². The molecule has 0 aliphatic carbocycles. The number of benzene rings is 1. The highest BCUT2D eigenvalue weighted by molar-refractivity contribution is 7.19. The molecule has 0 aliphatic heterocycles. The van der Waals surface area contributed by atoms with E-state index >= 15 is 0 Å². The fourth-order valence-corrected chi connectivity index (χ4v) is 2.68. The zero-order valence-electron chi connectivity index (χ0n) is 7.17. The lowest BCUT2D eigenvalue weighted by molar-refractivity contribution is 0.285. The van der Waals surface area contributed by atoms with Crippen LogP contribution in [0.5, 0.6) is 0 Å². The molecular formula is C10H9ClOS. The van der Waals surface area contributed by atoms with Gasteiger partial charge in [-0.2, -0.15) is 0 Å². The van der Waals surface area contributed by atoms with Gasteiger partial charge in [0.1, 0.15) is 0 Å². The first-order valence-corrected chi connectivity index (χ1v) is 5.19. The third kappa shape index (κ3) is 1.57. The van der Waals surface area contributed by atoms with Gasteiger partial charge in [-0.15, -0.1) is 11.3 Å². The standard InChI is InChI=1S/C10H9ClOS/c1-6-2-7-4-8(5-12)13-10(7)9(11)3-6/h2-4,12H,5H2,1H3. The van der Waals surface area contributed by atoms with E-state index in [1.165, 1.54) is 0 Å². The predicted molar refractivity (Wildman–Crippen MR) is 57.5 cm³/mol. The monoisotopic (exact) mass is 212 g/mol. The molecule has 3 heteroatoms. The van der Waals surface area contributed by atoms with Crippen molar-refractivity contribution in [2.45, 2.75) is 13.5 Å². The maximum absolute atomic E-state index is 8.97. The third-order valence-electron chi connectivity index (χ3n) is 1.92. The summed E-state index contributed by atoms with van der Waals surface area (Å²) in [5.41, 5.74) is 1.15. The molecule has 1 aromatic heterocycles. The van der Waals surface area contributed by atoms with Crippen LogP contribution in [0.15, 0.2) is 18.2 Å². The summed E-state index contributed by atoms with van der Waals surface area (Å²) in [7, 11) is 0. The van der Waals surface area contributed by atoms with Gasteiger partial charge in [0, 0.05) is 4.88 Å². The lowest BCUT2D eigenvalue weighted by Gasteiger charge is -1.95. The minimum absolute atomic E-state index is 0.0920. The van der Waals surface area contributed by atoms with Crippen LogP contribution in [0, 0.1) is 6.92 Å². The van der Waals surface area contributed by atoms with Gasteiger partial charge >= 0.3 is 0 Å². The molecule has 0 spiro atoms. The lowest BCUT2D eigenvalue weighted by atomic mass is 10.2. The predicted octanol–water partition coefficient (Wildman–Crippen LogP) is 3.36. The minimum atomic E-state index is 0.0920. The fraction of sp³-hybridized carbons (Fsp3) is 0.200. The van der Waals surface area contributed by atoms with Gasteiger partial charge in [-0.25, -0.2) is 0 Å². The van der Waals surface area contributed by atoms with Crippen LogP contribution in [0.3, 0.4) is 0 Å². The van der Waals surface area contributed by atoms with Gasteiger partial charge in [0.05, 0.1) is 16.3 Å². The lowest BCUT2D eigenvalue weighted by Crippen LogP contribution is -1.71. The van der Waals surface area contributed by atoms with Crippen LogP contribution in [0.1, 0.15) is 10.4 Å². The molecule has 0 amide bonds. The highest BCUT2D eigenvalue weighted by atomic mass is 35.5. The Morgan fingerprint density at radius 3 is 2.85 bits per heavy atom. The largest absolute Gasteiger partial charge is 0.391 e. The Kier molecular flexibility index (Phi) is 2.28. The van der Waals surface area contributed by atoms with Crippen LogP contribution >= 0.6 is 22.9 Å². The molecule has 0 atom stereocenters.